The first-order valence-electron chi connectivity index (χ1n) is 14.3. The predicted octanol–water partition coefficient (Wildman–Crippen LogP) is 7.72. The summed E-state index contributed by atoms with van der Waals surface area (Å²) >= 11 is 1.66. The van der Waals surface area contributed by atoms with E-state index in [4.69, 9.17) is 4.74 Å². The SMILES string of the molecule is CCN(CC)C(=O)C1CCC(N(C(=O)c2ccc(C)cc2)c2sc(-c3ccccc3)cc2COC(C)C)CC1. The maximum absolute atomic E-state index is 14.2. The fraction of sp³-hybridized carbons (Fsp3) is 0.455. The van der Waals surface area contributed by atoms with Gasteiger partial charge in [-0.25, -0.2) is 0 Å². The van der Waals surface area contributed by atoms with Crippen LogP contribution in [0.5, 0.6) is 0 Å². The molecule has 0 unspecified atom stereocenters. The topological polar surface area (TPSA) is 49.9 Å². The summed E-state index contributed by atoms with van der Waals surface area (Å²) in [4.78, 5) is 32.4. The van der Waals surface area contributed by atoms with Crippen LogP contribution in [-0.2, 0) is 16.1 Å². The van der Waals surface area contributed by atoms with E-state index in [1.807, 2.05) is 86.9 Å². The van der Waals surface area contributed by atoms with E-state index < -0.39 is 0 Å². The summed E-state index contributed by atoms with van der Waals surface area (Å²) in [5, 5.41) is 0.957. The third kappa shape index (κ3) is 6.98. The van der Waals surface area contributed by atoms with Gasteiger partial charge in [0.2, 0.25) is 5.91 Å². The highest BCUT2D eigenvalue weighted by Crippen LogP contribution is 2.42. The second kappa shape index (κ2) is 13.4. The highest BCUT2D eigenvalue weighted by atomic mass is 32.1. The third-order valence-electron chi connectivity index (χ3n) is 7.64. The van der Waals surface area contributed by atoms with E-state index in [0.29, 0.717) is 12.2 Å². The molecule has 0 spiro atoms. The molecule has 1 aliphatic carbocycles. The number of carbonyl (C=O) groups is 2. The number of amides is 2. The van der Waals surface area contributed by atoms with E-state index in [1.54, 1.807) is 11.3 Å². The fourth-order valence-corrected chi connectivity index (χ4v) is 6.60. The maximum atomic E-state index is 14.2. The smallest absolute Gasteiger partial charge is 0.259 e. The van der Waals surface area contributed by atoms with Crippen molar-refractivity contribution in [1.29, 1.82) is 0 Å². The van der Waals surface area contributed by atoms with Gasteiger partial charge in [-0.2, -0.15) is 0 Å². The summed E-state index contributed by atoms with van der Waals surface area (Å²) in [6.45, 7) is 12.1. The van der Waals surface area contributed by atoms with Crippen LogP contribution in [-0.4, -0.2) is 41.9 Å². The monoisotopic (exact) mass is 546 g/mol. The molecule has 0 bridgehead atoms. The summed E-state index contributed by atoms with van der Waals surface area (Å²) in [6.07, 6.45) is 3.29. The quantitative estimate of drug-likeness (QED) is 0.262. The van der Waals surface area contributed by atoms with Crippen LogP contribution in [0.1, 0.15) is 74.9 Å². The zero-order chi connectivity index (χ0) is 27.9. The number of hydrogen-bond acceptors (Lipinski definition) is 4. The van der Waals surface area contributed by atoms with Gasteiger partial charge in [0, 0.05) is 41.1 Å². The van der Waals surface area contributed by atoms with E-state index >= 15 is 0 Å². The molecule has 3 aromatic rings. The van der Waals surface area contributed by atoms with Crippen molar-refractivity contribution < 1.29 is 14.3 Å². The number of carbonyl (C=O) groups excluding carboxylic acids is 2. The third-order valence-corrected chi connectivity index (χ3v) is 8.87. The van der Waals surface area contributed by atoms with Crippen molar-refractivity contribution in [3.63, 3.8) is 0 Å². The second-order valence-electron chi connectivity index (χ2n) is 10.7. The largest absolute Gasteiger partial charge is 0.374 e. The van der Waals surface area contributed by atoms with Gasteiger partial charge < -0.3 is 9.64 Å². The highest BCUT2D eigenvalue weighted by Gasteiger charge is 2.36. The Balaban J connectivity index is 1.71. The van der Waals surface area contributed by atoms with Crippen LogP contribution in [0, 0.1) is 12.8 Å². The lowest BCUT2D eigenvalue weighted by atomic mass is 9.84. The minimum atomic E-state index is 0.0146. The molecule has 2 aromatic carbocycles. The van der Waals surface area contributed by atoms with Crippen LogP contribution in [0.15, 0.2) is 60.7 Å². The van der Waals surface area contributed by atoms with Crippen LogP contribution in [0.25, 0.3) is 10.4 Å². The van der Waals surface area contributed by atoms with Gasteiger partial charge in [0.25, 0.3) is 5.91 Å². The lowest BCUT2D eigenvalue weighted by molar-refractivity contribution is -0.136. The summed E-state index contributed by atoms with van der Waals surface area (Å²) in [5.41, 5.74) is 3.99. The molecule has 2 amide bonds. The van der Waals surface area contributed by atoms with Crippen molar-refractivity contribution >= 4 is 28.2 Å². The first-order valence-corrected chi connectivity index (χ1v) is 15.1. The molecule has 1 aliphatic rings. The fourth-order valence-electron chi connectivity index (χ4n) is 5.36. The van der Waals surface area contributed by atoms with Crippen molar-refractivity contribution in [2.24, 2.45) is 5.92 Å². The lowest BCUT2D eigenvalue weighted by Gasteiger charge is -2.37. The van der Waals surface area contributed by atoms with E-state index in [1.165, 1.54) is 0 Å². The Kier molecular flexibility index (Phi) is 9.98. The Morgan fingerprint density at radius 3 is 2.18 bits per heavy atom. The standard InChI is InChI=1S/C33H42N2O3S/c1-6-34(7-2)31(36)26-17-19-29(20-18-26)35(32(37)27-15-13-24(5)14-16-27)33-28(22-38-23(3)4)21-30(39-33)25-11-9-8-10-12-25/h8-16,21,23,26,29H,6-7,17-20,22H2,1-5H3. The van der Waals surface area contributed by atoms with Gasteiger partial charge in [-0.3, -0.25) is 14.5 Å². The van der Waals surface area contributed by atoms with Gasteiger partial charge in [-0.05, 0) is 84.1 Å². The average Bonchev–Trinajstić information content (AvgIpc) is 3.37. The molecular weight excluding hydrogens is 504 g/mol. The molecule has 0 atom stereocenters. The minimum Gasteiger partial charge on any atom is -0.374 e. The molecule has 1 heterocycles. The number of benzene rings is 2. The van der Waals surface area contributed by atoms with Crippen molar-refractivity contribution in [3.05, 3.63) is 77.4 Å². The van der Waals surface area contributed by atoms with Crippen LogP contribution < -0.4 is 4.90 Å². The van der Waals surface area contributed by atoms with Gasteiger partial charge in [-0.1, -0.05) is 48.0 Å². The van der Waals surface area contributed by atoms with E-state index in [9.17, 15) is 9.59 Å². The molecule has 6 heteroatoms. The number of rotatable bonds is 10. The number of anilines is 1. The molecule has 1 saturated carbocycles. The van der Waals surface area contributed by atoms with Crippen LogP contribution >= 0.6 is 11.3 Å². The highest BCUT2D eigenvalue weighted by molar-refractivity contribution is 7.19. The first-order chi connectivity index (χ1) is 18.8. The number of hydrogen-bond donors (Lipinski definition) is 0. The summed E-state index contributed by atoms with van der Waals surface area (Å²) in [7, 11) is 0. The zero-order valence-electron chi connectivity index (χ0n) is 24.0. The van der Waals surface area contributed by atoms with Crippen molar-refractivity contribution in [2.45, 2.75) is 79.1 Å². The van der Waals surface area contributed by atoms with Gasteiger partial charge in [0.15, 0.2) is 0 Å². The van der Waals surface area contributed by atoms with Crippen molar-refractivity contribution in [3.8, 4) is 10.4 Å². The molecule has 208 valence electrons. The maximum Gasteiger partial charge on any atom is 0.259 e. The Bertz CT molecular complexity index is 1220. The van der Waals surface area contributed by atoms with Crippen molar-refractivity contribution in [2.75, 3.05) is 18.0 Å². The molecule has 0 saturated heterocycles. The Hall–Kier alpha value is -2.96. The lowest BCUT2D eigenvalue weighted by Crippen LogP contribution is -2.45. The minimum absolute atomic E-state index is 0.0146. The van der Waals surface area contributed by atoms with Gasteiger partial charge in [0.05, 0.1) is 12.7 Å². The molecule has 0 radical (unpaired) electrons. The van der Waals surface area contributed by atoms with Gasteiger partial charge >= 0.3 is 0 Å². The van der Waals surface area contributed by atoms with Crippen LogP contribution in [0.2, 0.25) is 0 Å². The molecular formula is C33H42N2O3S. The van der Waals surface area contributed by atoms with Crippen LogP contribution in [0.3, 0.4) is 0 Å². The molecule has 1 aromatic heterocycles. The normalized spacial score (nSPS) is 17.3. The molecule has 5 nitrogen and oxygen atoms in total. The number of ether oxygens (including phenoxy) is 1. The predicted molar refractivity (Wildman–Crippen MR) is 161 cm³/mol. The summed E-state index contributed by atoms with van der Waals surface area (Å²) in [6, 6.07) is 20.4. The van der Waals surface area contributed by atoms with Gasteiger partial charge in [0.1, 0.15) is 5.00 Å². The Morgan fingerprint density at radius 2 is 1.59 bits per heavy atom. The molecule has 4 rings (SSSR count). The second-order valence-corrected chi connectivity index (χ2v) is 11.8. The van der Waals surface area contributed by atoms with Gasteiger partial charge in [-0.15, -0.1) is 11.3 Å². The number of aryl methyl sites for hydroxylation is 1. The van der Waals surface area contributed by atoms with E-state index in [2.05, 4.69) is 18.2 Å². The van der Waals surface area contributed by atoms with E-state index in [-0.39, 0.29) is 29.9 Å². The number of thiophene rings is 1. The molecule has 0 aliphatic heterocycles. The molecule has 39 heavy (non-hydrogen) atoms. The van der Waals surface area contributed by atoms with Crippen LogP contribution in [0.4, 0.5) is 5.00 Å². The van der Waals surface area contributed by atoms with Crippen molar-refractivity contribution in [1.82, 2.24) is 4.90 Å². The average molecular weight is 547 g/mol. The van der Waals surface area contributed by atoms with E-state index in [0.717, 1.165) is 65.3 Å². The zero-order valence-corrected chi connectivity index (χ0v) is 24.8. The Morgan fingerprint density at radius 1 is 0.949 bits per heavy atom. The Labute approximate surface area is 237 Å². The number of nitrogens with zero attached hydrogens (tertiary/aromatic N) is 2. The summed E-state index contributed by atoms with van der Waals surface area (Å²) < 4.78 is 6.07. The first kappa shape index (κ1) is 29.0. The molecule has 1 fully saturated rings. The summed E-state index contributed by atoms with van der Waals surface area (Å²) in [5.74, 6) is 0.300. The molecule has 0 N–H and O–H groups in total.